The predicted molar refractivity (Wildman–Crippen MR) is 122 cm³/mol. The van der Waals surface area contributed by atoms with E-state index in [2.05, 4.69) is 25.6 Å². The molecule has 0 radical (unpaired) electrons. The molecule has 0 aliphatic heterocycles. The van der Waals surface area contributed by atoms with Crippen LogP contribution in [0, 0.1) is 19.7 Å². The lowest BCUT2D eigenvalue weighted by Gasteiger charge is -2.08. The maximum absolute atomic E-state index is 13.1. The van der Waals surface area contributed by atoms with Gasteiger partial charge in [0.2, 0.25) is 5.91 Å². The first-order valence-electron chi connectivity index (χ1n) is 9.90. The predicted octanol–water partition coefficient (Wildman–Crippen LogP) is 3.19. The van der Waals surface area contributed by atoms with Gasteiger partial charge in [-0.25, -0.2) is 14.1 Å². The van der Waals surface area contributed by atoms with E-state index in [1.165, 1.54) is 28.6 Å². The van der Waals surface area contributed by atoms with Crippen LogP contribution in [-0.4, -0.2) is 36.6 Å². The molecule has 2 heterocycles. The summed E-state index contributed by atoms with van der Waals surface area (Å²) in [7, 11) is 0. The number of halogens is 1. The molecule has 0 saturated heterocycles. The number of aryl methyl sites for hydroxylation is 2. The quantitative estimate of drug-likeness (QED) is 0.446. The van der Waals surface area contributed by atoms with Gasteiger partial charge in [-0.15, -0.1) is 16.9 Å². The summed E-state index contributed by atoms with van der Waals surface area (Å²) >= 11 is 1.33. The van der Waals surface area contributed by atoms with Gasteiger partial charge in [0.15, 0.2) is 11.2 Å². The number of carbonyl (C=O) groups excluding carboxylic acids is 1. The second-order valence-corrected chi connectivity index (χ2v) is 8.43. The van der Waals surface area contributed by atoms with Gasteiger partial charge in [0, 0.05) is 12.1 Å². The van der Waals surface area contributed by atoms with Crippen molar-refractivity contribution >= 4 is 34.5 Å². The van der Waals surface area contributed by atoms with Gasteiger partial charge in [-0.2, -0.15) is 0 Å². The van der Waals surface area contributed by atoms with Gasteiger partial charge in [-0.05, 0) is 54.8 Å². The van der Waals surface area contributed by atoms with Crippen molar-refractivity contribution in [2.45, 2.75) is 26.1 Å². The third-order valence-corrected chi connectivity index (χ3v) is 5.55. The molecule has 0 spiro atoms. The number of anilines is 1. The molecule has 10 heteroatoms. The molecule has 2 N–H and O–H groups in total. The molecular formula is C22H21FN6O2S. The zero-order valence-corrected chi connectivity index (χ0v) is 18.4. The Labute approximate surface area is 187 Å². The van der Waals surface area contributed by atoms with Crippen molar-refractivity contribution < 1.29 is 9.18 Å². The fourth-order valence-electron chi connectivity index (χ4n) is 3.35. The van der Waals surface area contributed by atoms with E-state index in [4.69, 9.17) is 0 Å². The van der Waals surface area contributed by atoms with Crippen LogP contribution >= 0.6 is 11.8 Å². The van der Waals surface area contributed by atoms with Crippen LogP contribution < -0.4 is 10.9 Å². The Morgan fingerprint density at radius 1 is 1.16 bits per heavy atom. The molecule has 0 aliphatic rings. The largest absolute Gasteiger partial charge is 0.325 e. The molecule has 0 saturated carbocycles. The number of H-pyrrole nitrogens is 1. The van der Waals surface area contributed by atoms with Gasteiger partial charge in [-0.1, -0.05) is 23.4 Å². The normalized spacial score (nSPS) is 11.1. The average molecular weight is 453 g/mol. The van der Waals surface area contributed by atoms with Crippen LogP contribution in [0.2, 0.25) is 0 Å². The highest BCUT2D eigenvalue weighted by molar-refractivity contribution is 7.99. The summed E-state index contributed by atoms with van der Waals surface area (Å²) in [6.07, 6.45) is 0.335. The second-order valence-electron chi connectivity index (χ2n) is 7.48. The van der Waals surface area contributed by atoms with Crippen molar-refractivity contribution in [1.82, 2.24) is 25.0 Å². The highest BCUT2D eigenvalue weighted by Crippen LogP contribution is 2.15. The molecule has 8 nitrogen and oxygen atoms in total. The third-order valence-electron chi connectivity index (χ3n) is 4.66. The molecule has 0 atom stereocenters. The lowest BCUT2D eigenvalue weighted by Crippen LogP contribution is -2.15. The lowest BCUT2D eigenvalue weighted by molar-refractivity contribution is -0.113. The summed E-state index contributed by atoms with van der Waals surface area (Å²) < 4.78 is 14.6. The topological polar surface area (TPSA) is 106 Å². The molecule has 2 aromatic heterocycles. The fourth-order valence-corrected chi connectivity index (χ4v) is 4.04. The molecule has 4 rings (SSSR count). The minimum absolute atomic E-state index is 0.132. The van der Waals surface area contributed by atoms with Crippen LogP contribution in [0.4, 0.5) is 10.1 Å². The Bertz CT molecular complexity index is 1310. The van der Waals surface area contributed by atoms with Gasteiger partial charge in [-0.3, -0.25) is 9.59 Å². The van der Waals surface area contributed by atoms with Crippen molar-refractivity contribution in [1.29, 1.82) is 0 Å². The highest BCUT2D eigenvalue weighted by Gasteiger charge is 2.13. The lowest BCUT2D eigenvalue weighted by atomic mass is 10.1. The number of nitrogens with zero attached hydrogens (tertiary/aromatic N) is 4. The summed E-state index contributed by atoms with van der Waals surface area (Å²) in [5.74, 6) is 0.484. The number of aromatic nitrogens is 5. The van der Waals surface area contributed by atoms with Crippen LogP contribution in [0.3, 0.4) is 0 Å². The average Bonchev–Trinajstić information content (AvgIpc) is 3.12. The first kappa shape index (κ1) is 21.7. The highest BCUT2D eigenvalue weighted by atomic mass is 32.2. The van der Waals surface area contributed by atoms with Gasteiger partial charge >= 0.3 is 0 Å². The zero-order valence-electron chi connectivity index (χ0n) is 17.6. The van der Waals surface area contributed by atoms with Crippen molar-refractivity contribution in [2.24, 2.45) is 0 Å². The molecule has 0 aliphatic carbocycles. The summed E-state index contributed by atoms with van der Waals surface area (Å²) in [5, 5.41) is 10.8. The Hall–Kier alpha value is -3.53. The summed E-state index contributed by atoms with van der Waals surface area (Å²) in [4.78, 5) is 31.8. The third kappa shape index (κ3) is 5.20. The molecule has 0 unspecified atom stereocenters. The molecule has 4 aromatic rings. The van der Waals surface area contributed by atoms with Crippen LogP contribution in [-0.2, 0) is 17.1 Å². The fraction of sp³-hybridized carbons (Fsp3) is 0.227. The number of rotatable bonds is 7. The van der Waals surface area contributed by atoms with Crippen molar-refractivity contribution in [3.8, 4) is 0 Å². The van der Waals surface area contributed by atoms with E-state index in [0.29, 0.717) is 23.8 Å². The van der Waals surface area contributed by atoms with Gasteiger partial charge in [0.1, 0.15) is 11.6 Å². The number of benzene rings is 2. The first-order chi connectivity index (χ1) is 15.4. The van der Waals surface area contributed by atoms with Crippen LogP contribution in [0.15, 0.2) is 47.3 Å². The van der Waals surface area contributed by atoms with E-state index in [1.54, 1.807) is 12.1 Å². The summed E-state index contributed by atoms with van der Waals surface area (Å²) in [6, 6.07) is 11.9. The minimum atomic E-state index is -0.393. The van der Waals surface area contributed by atoms with E-state index in [9.17, 15) is 14.0 Å². The van der Waals surface area contributed by atoms with Crippen LogP contribution in [0.5, 0.6) is 0 Å². The number of carbonyl (C=O) groups is 1. The maximum atomic E-state index is 13.1. The standard InChI is InChI=1S/C22H21FN6O2S/c1-13-7-14(2)9-17(8-13)24-19(30)11-32-12-29-21-20(27-28-29)22(31)26-18(25-21)10-15-3-5-16(23)6-4-15/h3-9H,10-12H2,1-2H3,(H,24,30)(H,25,26,31). The van der Waals surface area contributed by atoms with Crippen molar-refractivity contribution in [3.63, 3.8) is 0 Å². The summed E-state index contributed by atoms with van der Waals surface area (Å²) in [6.45, 7) is 3.96. The van der Waals surface area contributed by atoms with Gasteiger partial charge in [0.05, 0.1) is 11.6 Å². The summed E-state index contributed by atoms with van der Waals surface area (Å²) in [5.41, 5.74) is 3.81. The van der Waals surface area contributed by atoms with Crippen LogP contribution in [0.1, 0.15) is 22.5 Å². The minimum Gasteiger partial charge on any atom is -0.325 e. The van der Waals surface area contributed by atoms with E-state index in [1.807, 2.05) is 32.0 Å². The number of thioether (sulfide) groups is 1. The molecule has 32 heavy (non-hydrogen) atoms. The number of nitrogens with one attached hydrogen (secondary N) is 2. The molecule has 2 aromatic carbocycles. The van der Waals surface area contributed by atoms with Crippen molar-refractivity contribution in [3.05, 3.63) is 81.2 Å². The van der Waals surface area contributed by atoms with E-state index < -0.39 is 5.56 Å². The molecular weight excluding hydrogens is 431 g/mol. The van der Waals surface area contributed by atoms with Crippen LogP contribution in [0.25, 0.3) is 11.2 Å². The Balaban J connectivity index is 1.42. The number of hydrogen-bond acceptors (Lipinski definition) is 6. The molecule has 0 fully saturated rings. The molecule has 0 bridgehead atoms. The smallest absolute Gasteiger partial charge is 0.281 e. The maximum Gasteiger partial charge on any atom is 0.281 e. The van der Waals surface area contributed by atoms with E-state index in [0.717, 1.165) is 22.4 Å². The number of amides is 1. The monoisotopic (exact) mass is 452 g/mol. The second kappa shape index (κ2) is 9.31. The Morgan fingerprint density at radius 3 is 2.59 bits per heavy atom. The Morgan fingerprint density at radius 2 is 1.88 bits per heavy atom. The van der Waals surface area contributed by atoms with Crippen molar-refractivity contribution in [2.75, 3.05) is 11.1 Å². The van der Waals surface area contributed by atoms with Gasteiger partial charge in [0.25, 0.3) is 5.56 Å². The number of aromatic amines is 1. The zero-order chi connectivity index (χ0) is 22.7. The number of hydrogen-bond donors (Lipinski definition) is 2. The van der Waals surface area contributed by atoms with E-state index >= 15 is 0 Å². The number of fused-ring (bicyclic) bond motifs is 1. The molecule has 1 amide bonds. The van der Waals surface area contributed by atoms with Gasteiger partial charge < -0.3 is 10.3 Å². The molecule has 164 valence electrons. The van der Waals surface area contributed by atoms with E-state index in [-0.39, 0.29) is 23.0 Å². The SMILES string of the molecule is Cc1cc(C)cc(NC(=O)CSCn2nnc3c(=O)[nH]c(Cc4ccc(F)cc4)nc32)c1. The first-order valence-corrected chi connectivity index (χ1v) is 11.1. The Kier molecular flexibility index (Phi) is 6.31.